The third kappa shape index (κ3) is 2.89. The van der Waals surface area contributed by atoms with Crippen LogP contribution in [-0.2, 0) is 9.57 Å². The van der Waals surface area contributed by atoms with Crippen LogP contribution >= 0.6 is 11.3 Å². The lowest BCUT2D eigenvalue weighted by Gasteiger charge is -2.11. The molecule has 1 aliphatic heterocycles. The fourth-order valence-electron chi connectivity index (χ4n) is 2.24. The molecule has 2 aromatic rings. The molecule has 1 aliphatic rings. The average molecular weight is 360 g/mol. The highest BCUT2D eigenvalue weighted by Gasteiger charge is 2.39. The molecule has 0 atom stereocenters. The summed E-state index contributed by atoms with van der Waals surface area (Å²) in [6, 6.07) is 6.14. The van der Waals surface area contributed by atoms with Crippen molar-refractivity contribution in [2.24, 2.45) is 0 Å². The van der Waals surface area contributed by atoms with Gasteiger partial charge in [-0.3, -0.25) is 9.59 Å². The molecule has 0 N–H and O–H groups in total. The van der Waals surface area contributed by atoms with Crippen molar-refractivity contribution >= 4 is 35.1 Å². The molecular weight excluding hydrogens is 348 g/mol. The Morgan fingerprint density at radius 3 is 2.28 bits per heavy atom. The van der Waals surface area contributed by atoms with Gasteiger partial charge in [0.2, 0.25) is 5.01 Å². The number of esters is 1. The first kappa shape index (κ1) is 16.8. The van der Waals surface area contributed by atoms with Crippen molar-refractivity contribution in [1.29, 1.82) is 0 Å². The Morgan fingerprint density at radius 1 is 1.12 bits per heavy atom. The second-order valence-electron chi connectivity index (χ2n) is 4.97. The van der Waals surface area contributed by atoms with Crippen LogP contribution in [0.25, 0.3) is 0 Å². The third-order valence-electron chi connectivity index (χ3n) is 3.37. The van der Waals surface area contributed by atoms with Gasteiger partial charge in [-0.2, -0.15) is 0 Å². The highest BCUT2D eigenvalue weighted by Crippen LogP contribution is 2.25. The van der Waals surface area contributed by atoms with Crippen LogP contribution in [0, 0.1) is 6.92 Å². The first-order chi connectivity index (χ1) is 11.9. The Kier molecular flexibility index (Phi) is 4.32. The van der Waals surface area contributed by atoms with Gasteiger partial charge in [0.05, 0.1) is 17.7 Å². The molecule has 3 rings (SSSR count). The maximum atomic E-state index is 12.3. The van der Waals surface area contributed by atoms with E-state index in [1.54, 1.807) is 26.0 Å². The minimum Gasteiger partial charge on any atom is -0.461 e. The number of nitrogens with zero attached hydrogens (tertiary/aromatic N) is 2. The maximum Gasteiger partial charge on any atom is 0.383 e. The predicted octanol–water partition coefficient (Wildman–Crippen LogP) is 2.00. The molecule has 1 aromatic heterocycles. The van der Waals surface area contributed by atoms with Crippen molar-refractivity contribution in [3.63, 3.8) is 0 Å². The highest BCUT2D eigenvalue weighted by atomic mass is 32.1. The smallest absolute Gasteiger partial charge is 0.383 e. The van der Waals surface area contributed by atoms with Gasteiger partial charge in [-0.25, -0.2) is 14.6 Å². The lowest BCUT2D eigenvalue weighted by molar-refractivity contribution is -0.0588. The lowest BCUT2D eigenvalue weighted by Crippen LogP contribution is -2.33. The van der Waals surface area contributed by atoms with Crippen LogP contribution in [0.5, 0.6) is 0 Å². The third-order valence-corrected chi connectivity index (χ3v) is 4.32. The number of fused-ring (bicyclic) bond motifs is 1. The van der Waals surface area contributed by atoms with Crippen LogP contribution in [0.15, 0.2) is 24.3 Å². The Balaban J connectivity index is 1.81. The summed E-state index contributed by atoms with van der Waals surface area (Å²) in [4.78, 5) is 57.6. The number of imide groups is 1. The molecule has 128 valence electrons. The van der Waals surface area contributed by atoms with Gasteiger partial charge in [-0.1, -0.05) is 17.2 Å². The number of ether oxygens (including phenoxy) is 1. The van der Waals surface area contributed by atoms with E-state index in [1.807, 2.05) is 0 Å². The molecule has 0 spiro atoms. The van der Waals surface area contributed by atoms with Crippen molar-refractivity contribution in [3.8, 4) is 0 Å². The van der Waals surface area contributed by atoms with E-state index in [2.05, 4.69) is 4.98 Å². The summed E-state index contributed by atoms with van der Waals surface area (Å²) < 4.78 is 4.82. The molecule has 8 nitrogen and oxygen atoms in total. The number of aryl methyl sites for hydroxylation is 1. The van der Waals surface area contributed by atoms with Gasteiger partial charge in [-0.15, -0.1) is 11.3 Å². The minimum atomic E-state index is -1.00. The maximum absolute atomic E-state index is 12.3. The normalized spacial score (nSPS) is 13.0. The molecule has 2 amide bonds. The number of benzene rings is 1. The van der Waals surface area contributed by atoms with E-state index in [9.17, 15) is 19.2 Å². The fraction of sp³-hybridized carbons (Fsp3) is 0.188. The quantitative estimate of drug-likeness (QED) is 0.607. The molecule has 1 aromatic carbocycles. The molecule has 25 heavy (non-hydrogen) atoms. The van der Waals surface area contributed by atoms with Gasteiger partial charge in [0.15, 0.2) is 5.69 Å². The Bertz CT molecular complexity index is 869. The van der Waals surface area contributed by atoms with Crippen molar-refractivity contribution in [1.82, 2.24) is 10.0 Å². The largest absolute Gasteiger partial charge is 0.461 e. The van der Waals surface area contributed by atoms with E-state index in [4.69, 9.17) is 9.57 Å². The monoisotopic (exact) mass is 360 g/mol. The molecule has 0 bridgehead atoms. The summed E-state index contributed by atoms with van der Waals surface area (Å²) in [5.74, 6) is -3.12. The molecule has 9 heteroatoms. The summed E-state index contributed by atoms with van der Waals surface area (Å²) in [7, 11) is 0. The van der Waals surface area contributed by atoms with Gasteiger partial charge < -0.3 is 9.57 Å². The SMILES string of the molecule is CCOC(=O)c1nc(C(=O)ON2C(=O)c3ccccc3C2=O)c(C)s1. The van der Waals surface area contributed by atoms with E-state index < -0.39 is 23.8 Å². The molecule has 0 fully saturated rings. The lowest BCUT2D eigenvalue weighted by atomic mass is 10.1. The molecule has 0 saturated carbocycles. The molecule has 2 heterocycles. The van der Waals surface area contributed by atoms with Crippen LogP contribution < -0.4 is 0 Å². The molecular formula is C16H12N2O6S. The van der Waals surface area contributed by atoms with Gasteiger partial charge in [0.1, 0.15) is 0 Å². The van der Waals surface area contributed by atoms with E-state index in [0.29, 0.717) is 9.94 Å². The van der Waals surface area contributed by atoms with Crippen LogP contribution in [0.4, 0.5) is 0 Å². The average Bonchev–Trinajstić information content (AvgIpc) is 3.10. The summed E-state index contributed by atoms with van der Waals surface area (Å²) >= 11 is 0.963. The van der Waals surface area contributed by atoms with Crippen LogP contribution in [0.1, 0.15) is 52.8 Å². The first-order valence-corrected chi connectivity index (χ1v) is 8.10. The first-order valence-electron chi connectivity index (χ1n) is 7.28. The van der Waals surface area contributed by atoms with E-state index in [0.717, 1.165) is 11.3 Å². The molecule has 0 saturated heterocycles. The van der Waals surface area contributed by atoms with E-state index in [-0.39, 0.29) is 28.4 Å². The summed E-state index contributed by atoms with van der Waals surface area (Å²) in [5, 5.41) is 0.393. The Labute approximate surface area is 145 Å². The topological polar surface area (TPSA) is 103 Å². The zero-order valence-corrected chi connectivity index (χ0v) is 14.1. The van der Waals surface area contributed by atoms with Crippen LogP contribution in [-0.4, -0.2) is 40.4 Å². The minimum absolute atomic E-state index is 0.00587. The second-order valence-corrected chi connectivity index (χ2v) is 6.18. The predicted molar refractivity (Wildman–Crippen MR) is 85.2 cm³/mol. The number of hydrogen-bond donors (Lipinski definition) is 0. The Hall–Kier alpha value is -3.07. The van der Waals surface area contributed by atoms with Crippen molar-refractivity contribution in [3.05, 3.63) is 51.0 Å². The van der Waals surface area contributed by atoms with Gasteiger partial charge in [-0.05, 0) is 26.0 Å². The fourth-order valence-corrected chi connectivity index (χ4v) is 3.04. The molecule has 0 aliphatic carbocycles. The summed E-state index contributed by atoms with van der Waals surface area (Å²) in [6.07, 6.45) is 0. The van der Waals surface area contributed by atoms with E-state index >= 15 is 0 Å². The van der Waals surface area contributed by atoms with Gasteiger partial charge in [0.25, 0.3) is 11.8 Å². The van der Waals surface area contributed by atoms with Crippen molar-refractivity contribution in [2.45, 2.75) is 13.8 Å². The number of aromatic nitrogens is 1. The number of hydrogen-bond acceptors (Lipinski definition) is 8. The number of amides is 2. The van der Waals surface area contributed by atoms with Crippen molar-refractivity contribution < 1.29 is 28.8 Å². The van der Waals surface area contributed by atoms with Crippen LogP contribution in [0.2, 0.25) is 0 Å². The van der Waals surface area contributed by atoms with Gasteiger partial charge >= 0.3 is 11.9 Å². The van der Waals surface area contributed by atoms with Crippen molar-refractivity contribution in [2.75, 3.05) is 6.61 Å². The molecule has 0 radical (unpaired) electrons. The van der Waals surface area contributed by atoms with Crippen LogP contribution in [0.3, 0.4) is 0 Å². The zero-order valence-electron chi connectivity index (χ0n) is 13.3. The van der Waals surface area contributed by atoms with Gasteiger partial charge in [0, 0.05) is 4.88 Å². The second kappa shape index (κ2) is 6.44. The number of carbonyl (C=O) groups is 4. The Morgan fingerprint density at radius 2 is 1.72 bits per heavy atom. The number of rotatable bonds is 4. The summed E-state index contributed by atoms with van der Waals surface area (Å²) in [6.45, 7) is 3.39. The van der Waals surface area contributed by atoms with E-state index in [1.165, 1.54) is 12.1 Å². The highest BCUT2D eigenvalue weighted by molar-refractivity contribution is 7.13. The number of thiazole rings is 1. The number of carbonyl (C=O) groups excluding carboxylic acids is 4. The zero-order chi connectivity index (χ0) is 18.1. The molecule has 0 unspecified atom stereocenters. The number of hydroxylamine groups is 2. The standard InChI is InChI=1S/C16H12N2O6S/c1-3-23-16(22)12-17-11(8(2)25-12)15(21)24-18-13(19)9-6-4-5-7-10(9)14(18)20/h4-7H,3H2,1-2H3. The summed E-state index contributed by atoms with van der Waals surface area (Å²) in [5.41, 5.74) is 0.162.